The van der Waals surface area contributed by atoms with E-state index < -0.39 is 0 Å². The fourth-order valence-electron chi connectivity index (χ4n) is 3.55. The third kappa shape index (κ3) is 2.58. The molecule has 2 aliphatic rings. The maximum Gasteiger partial charge on any atom is 0.258 e. The van der Waals surface area contributed by atoms with Gasteiger partial charge in [-0.15, -0.1) is 0 Å². The zero-order valence-corrected chi connectivity index (χ0v) is 13.0. The third-order valence-corrected chi connectivity index (χ3v) is 4.75. The molecule has 118 valence electrons. The molecule has 0 radical (unpaired) electrons. The number of halogens is 1. The van der Waals surface area contributed by atoms with Crippen molar-refractivity contribution in [3.63, 3.8) is 0 Å². The standard InChI is InChI=1S/C19H19FN2O/c20-16-5-3-4-15(12-16)19(23)22-11-8-14-13-17(6-7-18(14)22)21-9-1-2-10-21/h3-7,12-13H,1-2,8-11H2. The summed E-state index contributed by atoms with van der Waals surface area (Å²) in [5, 5.41) is 0. The molecule has 1 fully saturated rings. The Kier molecular flexibility index (Phi) is 3.52. The smallest absolute Gasteiger partial charge is 0.258 e. The van der Waals surface area contributed by atoms with Crippen LogP contribution in [0.2, 0.25) is 0 Å². The molecular weight excluding hydrogens is 291 g/mol. The Morgan fingerprint density at radius 1 is 1.00 bits per heavy atom. The summed E-state index contributed by atoms with van der Waals surface area (Å²) in [6, 6.07) is 12.3. The number of benzene rings is 2. The summed E-state index contributed by atoms with van der Waals surface area (Å²) < 4.78 is 13.4. The zero-order valence-electron chi connectivity index (χ0n) is 13.0. The Morgan fingerprint density at radius 3 is 2.61 bits per heavy atom. The highest BCUT2D eigenvalue weighted by Crippen LogP contribution is 2.33. The molecule has 0 aromatic heterocycles. The van der Waals surface area contributed by atoms with Crippen LogP contribution in [0.4, 0.5) is 15.8 Å². The van der Waals surface area contributed by atoms with Crippen LogP contribution in [0.5, 0.6) is 0 Å². The summed E-state index contributed by atoms with van der Waals surface area (Å²) in [7, 11) is 0. The van der Waals surface area contributed by atoms with E-state index in [-0.39, 0.29) is 11.7 Å². The molecule has 2 heterocycles. The van der Waals surface area contributed by atoms with Crippen molar-refractivity contribution in [3.05, 3.63) is 59.4 Å². The molecule has 1 saturated heterocycles. The molecule has 1 amide bonds. The highest BCUT2D eigenvalue weighted by Gasteiger charge is 2.26. The first-order chi connectivity index (χ1) is 11.2. The molecule has 0 unspecified atom stereocenters. The van der Waals surface area contributed by atoms with Gasteiger partial charge in [0.2, 0.25) is 0 Å². The molecule has 0 bridgehead atoms. The molecule has 0 N–H and O–H groups in total. The van der Waals surface area contributed by atoms with Crippen molar-refractivity contribution < 1.29 is 9.18 Å². The van der Waals surface area contributed by atoms with Gasteiger partial charge in [-0.2, -0.15) is 0 Å². The normalized spacial score (nSPS) is 16.7. The van der Waals surface area contributed by atoms with Gasteiger partial charge in [0, 0.05) is 36.6 Å². The third-order valence-electron chi connectivity index (χ3n) is 4.75. The SMILES string of the molecule is O=C(c1cccc(F)c1)N1CCc2cc(N3CCCC3)ccc21. The van der Waals surface area contributed by atoms with Gasteiger partial charge in [0.15, 0.2) is 0 Å². The summed E-state index contributed by atoms with van der Waals surface area (Å²) in [5.74, 6) is -0.503. The summed E-state index contributed by atoms with van der Waals surface area (Å²) in [5.41, 5.74) is 3.82. The molecule has 23 heavy (non-hydrogen) atoms. The monoisotopic (exact) mass is 310 g/mol. The van der Waals surface area contributed by atoms with Crippen LogP contribution < -0.4 is 9.80 Å². The second-order valence-corrected chi connectivity index (χ2v) is 6.22. The minimum Gasteiger partial charge on any atom is -0.372 e. The molecular formula is C19H19FN2O. The van der Waals surface area contributed by atoms with Crippen LogP contribution in [-0.2, 0) is 6.42 Å². The lowest BCUT2D eigenvalue weighted by Crippen LogP contribution is -2.28. The maximum absolute atomic E-state index is 13.4. The quantitative estimate of drug-likeness (QED) is 0.845. The van der Waals surface area contributed by atoms with Gasteiger partial charge in [0.1, 0.15) is 5.82 Å². The molecule has 0 atom stereocenters. The first-order valence-corrected chi connectivity index (χ1v) is 8.18. The van der Waals surface area contributed by atoms with E-state index in [1.165, 1.54) is 36.2 Å². The highest BCUT2D eigenvalue weighted by atomic mass is 19.1. The fourth-order valence-corrected chi connectivity index (χ4v) is 3.55. The van der Waals surface area contributed by atoms with Crippen molar-refractivity contribution in [2.45, 2.75) is 19.3 Å². The van der Waals surface area contributed by atoms with Crippen molar-refractivity contribution in [1.29, 1.82) is 0 Å². The van der Waals surface area contributed by atoms with Gasteiger partial charge in [-0.3, -0.25) is 4.79 Å². The topological polar surface area (TPSA) is 23.6 Å². The number of nitrogens with zero attached hydrogens (tertiary/aromatic N) is 2. The van der Waals surface area contributed by atoms with Gasteiger partial charge in [-0.05, 0) is 61.2 Å². The molecule has 2 aliphatic heterocycles. The van der Waals surface area contributed by atoms with Gasteiger partial charge in [0.05, 0.1) is 0 Å². The van der Waals surface area contributed by atoms with Crippen LogP contribution in [0.1, 0.15) is 28.8 Å². The van der Waals surface area contributed by atoms with E-state index in [0.717, 1.165) is 25.2 Å². The van der Waals surface area contributed by atoms with Gasteiger partial charge in [-0.1, -0.05) is 6.07 Å². The fraction of sp³-hybridized carbons (Fsp3) is 0.316. The summed E-state index contributed by atoms with van der Waals surface area (Å²) in [4.78, 5) is 16.8. The molecule has 0 saturated carbocycles. The first kappa shape index (κ1) is 14.2. The van der Waals surface area contributed by atoms with E-state index in [1.807, 2.05) is 6.07 Å². The number of anilines is 2. The average molecular weight is 310 g/mol. The van der Waals surface area contributed by atoms with E-state index in [9.17, 15) is 9.18 Å². The molecule has 4 rings (SSSR count). The van der Waals surface area contributed by atoms with Gasteiger partial charge >= 0.3 is 0 Å². The van der Waals surface area contributed by atoms with Crippen molar-refractivity contribution in [3.8, 4) is 0 Å². The average Bonchev–Trinajstić information content (AvgIpc) is 3.23. The van der Waals surface area contributed by atoms with Gasteiger partial charge in [-0.25, -0.2) is 4.39 Å². The van der Waals surface area contributed by atoms with Gasteiger partial charge in [0.25, 0.3) is 5.91 Å². The van der Waals surface area contributed by atoms with Crippen LogP contribution in [0, 0.1) is 5.82 Å². The largest absolute Gasteiger partial charge is 0.372 e. The first-order valence-electron chi connectivity index (χ1n) is 8.18. The predicted molar refractivity (Wildman–Crippen MR) is 89.7 cm³/mol. The van der Waals surface area contributed by atoms with Crippen molar-refractivity contribution in [1.82, 2.24) is 0 Å². The summed E-state index contributed by atoms with van der Waals surface area (Å²) in [6.45, 7) is 2.89. The molecule has 2 aromatic carbocycles. The number of hydrogen-bond acceptors (Lipinski definition) is 2. The van der Waals surface area contributed by atoms with Gasteiger partial charge < -0.3 is 9.80 Å². The van der Waals surface area contributed by atoms with Crippen LogP contribution >= 0.6 is 0 Å². The number of rotatable bonds is 2. The van der Waals surface area contributed by atoms with Crippen LogP contribution in [0.15, 0.2) is 42.5 Å². The van der Waals surface area contributed by atoms with E-state index in [1.54, 1.807) is 17.0 Å². The van der Waals surface area contributed by atoms with Crippen molar-refractivity contribution >= 4 is 17.3 Å². The lowest BCUT2D eigenvalue weighted by Gasteiger charge is -2.20. The summed E-state index contributed by atoms with van der Waals surface area (Å²) in [6.07, 6.45) is 3.36. The predicted octanol–water partition coefficient (Wildman–Crippen LogP) is 3.63. The second kappa shape index (κ2) is 5.69. The maximum atomic E-state index is 13.4. The molecule has 0 aliphatic carbocycles. The Balaban J connectivity index is 1.61. The summed E-state index contributed by atoms with van der Waals surface area (Å²) >= 11 is 0. The Morgan fingerprint density at radius 2 is 1.83 bits per heavy atom. The number of amides is 1. The highest BCUT2D eigenvalue weighted by molar-refractivity contribution is 6.07. The molecule has 0 spiro atoms. The van der Waals surface area contributed by atoms with E-state index in [2.05, 4.69) is 17.0 Å². The van der Waals surface area contributed by atoms with Crippen molar-refractivity contribution in [2.24, 2.45) is 0 Å². The minimum atomic E-state index is -0.375. The molecule has 3 nitrogen and oxygen atoms in total. The lowest BCUT2D eigenvalue weighted by atomic mass is 10.1. The van der Waals surface area contributed by atoms with Crippen LogP contribution in [0.25, 0.3) is 0 Å². The van der Waals surface area contributed by atoms with E-state index >= 15 is 0 Å². The number of hydrogen-bond donors (Lipinski definition) is 0. The van der Waals surface area contributed by atoms with Crippen molar-refractivity contribution in [2.75, 3.05) is 29.4 Å². The molecule has 2 aromatic rings. The number of fused-ring (bicyclic) bond motifs is 1. The Hall–Kier alpha value is -2.36. The van der Waals surface area contributed by atoms with Crippen LogP contribution in [0.3, 0.4) is 0 Å². The lowest BCUT2D eigenvalue weighted by molar-refractivity contribution is 0.0989. The Labute approximate surface area is 135 Å². The Bertz CT molecular complexity index is 753. The molecule has 4 heteroatoms. The minimum absolute atomic E-state index is 0.128. The van der Waals surface area contributed by atoms with Crippen LogP contribution in [-0.4, -0.2) is 25.5 Å². The van der Waals surface area contributed by atoms with E-state index in [4.69, 9.17) is 0 Å². The zero-order chi connectivity index (χ0) is 15.8. The number of carbonyl (C=O) groups excluding carboxylic acids is 1. The second-order valence-electron chi connectivity index (χ2n) is 6.22. The van der Waals surface area contributed by atoms with E-state index in [0.29, 0.717) is 12.1 Å². The number of carbonyl (C=O) groups is 1.